The normalized spacial score (nSPS) is 18.0. The number of piperazine rings is 1. The van der Waals surface area contributed by atoms with Crippen LogP contribution in [-0.2, 0) is 19.3 Å². The number of H-pyrrole nitrogens is 1. The van der Waals surface area contributed by atoms with Crippen molar-refractivity contribution in [3.05, 3.63) is 56.5 Å². The van der Waals surface area contributed by atoms with Crippen LogP contribution >= 0.6 is 11.6 Å². The van der Waals surface area contributed by atoms with Crippen LogP contribution in [0, 0.1) is 0 Å². The molecule has 1 aromatic heterocycles. The second-order valence-electron chi connectivity index (χ2n) is 7.19. The van der Waals surface area contributed by atoms with E-state index in [1.807, 2.05) is 18.2 Å². The number of anilines is 1. The second kappa shape index (κ2) is 7.80. The van der Waals surface area contributed by atoms with E-state index in [4.69, 9.17) is 11.6 Å². The van der Waals surface area contributed by atoms with Gasteiger partial charge in [-0.2, -0.15) is 5.10 Å². The summed E-state index contributed by atoms with van der Waals surface area (Å²) >= 11 is 6.32. The van der Waals surface area contributed by atoms with Crippen LogP contribution in [0.15, 0.2) is 29.1 Å². The monoisotopic (exact) mass is 372 g/mol. The van der Waals surface area contributed by atoms with Crippen molar-refractivity contribution in [3.63, 3.8) is 0 Å². The van der Waals surface area contributed by atoms with Crippen LogP contribution in [0.3, 0.4) is 0 Å². The maximum Gasteiger partial charge on any atom is 0.267 e. The van der Waals surface area contributed by atoms with Gasteiger partial charge < -0.3 is 4.90 Å². The molecule has 0 radical (unpaired) electrons. The highest BCUT2D eigenvalue weighted by Crippen LogP contribution is 2.26. The smallest absolute Gasteiger partial charge is 0.267 e. The van der Waals surface area contributed by atoms with E-state index in [-0.39, 0.29) is 5.56 Å². The summed E-state index contributed by atoms with van der Waals surface area (Å²) in [4.78, 5) is 16.8. The summed E-state index contributed by atoms with van der Waals surface area (Å²) in [5, 5.41) is 7.89. The molecular weight excluding hydrogens is 348 g/mol. The molecule has 1 aromatic carbocycles. The van der Waals surface area contributed by atoms with E-state index in [0.29, 0.717) is 0 Å². The third-order valence-corrected chi connectivity index (χ3v) is 5.93. The molecule has 1 saturated heterocycles. The molecule has 0 amide bonds. The van der Waals surface area contributed by atoms with E-state index in [0.717, 1.165) is 80.4 Å². The Bertz CT molecular complexity index is 827. The van der Waals surface area contributed by atoms with Crippen molar-refractivity contribution in [2.24, 2.45) is 0 Å². The molecule has 0 unspecified atom stereocenters. The van der Waals surface area contributed by atoms with Crippen LogP contribution in [0.25, 0.3) is 0 Å². The average molecular weight is 373 g/mol. The maximum absolute atomic E-state index is 12.0. The average Bonchev–Trinajstić information content (AvgIpc) is 2.69. The minimum atomic E-state index is 0.0109. The predicted octanol–water partition coefficient (Wildman–Crippen LogP) is 2.67. The van der Waals surface area contributed by atoms with Gasteiger partial charge in [0.15, 0.2) is 0 Å². The molecule has 2 aliphatic rings. The third kappa shape index (κ3) is 3.64. The first-order chi connectivity index (χ1) is 12.7. The summed E-state index contributed by atoms with van der Waals surface area (Å²) in [5.41, 5.74) is 4.43. The first-order valence-corrected chi connectivity index (χ1v) is 9.91. The van der Waals surface area contributed by atoms with Gasteiger partial charge in [-0.05, 0) is 43.4 Å². The SMILES string of the molecule is O=c1[nH]nc(CCN2CCN(c3ccccc3Cl)CC2)c2c1CCCC2. The molecule has 0 saturated carbocycles. The Kier molecular flexibility index (Phi) is 5.27. The van der Waals surface area contributed by atoms with Gasteiger partial charge in [0, 0.05) is 44.7 Å². The van der Waals surface area contributed by atoms with Crippen LogP contribution in [-0.4, -0.2) is 47.8 Å². The molecule has 1 aliphatic heterocycles. The van der Waals surface area contributed by atoms with Gasteiger partial charge in [-0.15, -0.1) is 0 Å². The lowest BCUT2D eigenvalue weighted by atomic mass is 9.91. The largest absolute Gasteiger partial charge is 0.368 e. The van der Waals surface area contributed by atoms with Gasteiger partial charge in [-0.3, -0.25) is 9.69 Å². The highest BCUT2D eigenvalue weighted by molar-refractivity contribution is 6.33. The molecule has 1 fully saturated rings. The molecule has 2 aromatic rings. The molecule has 5 nitrogen and oxygen atoms in total. The van der Waals surface area contributed by atoms with Crippen molar-refractivity contribution < 1.29 is 0 Å². The van der Waals surface area contributed by atoms with Crippen LogP contribution in [0.5, 0.6) is 0 Å². The number of halogens is 1. The van der Waals surface area contributed by atoms with Crippen molar-refractivity contribution in [1.82, 2.24) is 15.1 Å². The molecule has 0 atom stereocenters. The number of hydrogen-bond donors (Lipinski definition) is 1. The van der Waals surface area contributed by atoms with Gasteiger partial charge >= 0.3 is 0 Å². The lowest BCUT2D eigenvalue weighted by Gasteiger charge is -2.36. The quantitative estimate of drug-likeness (QED) is 0.896. The number of nitrogens with one attached hydrogen (secondary N) is 1. The van der Waals surface area contributed by atoms with Crippen LogP contribution in [0.1, 0.15) is 29.7 Å². The van der Waals surface area contributed by atoms with E-state index < -0.39 is 0 Å². The molecule has 2 heterocycles. The Morgan fingerprint density at radius 3 is 2.54 bits per heavy atom. The van der Waals surface area contributed by atoms with Gasteiger partial charge in [0.1, 0.15) is 0 Å². The standard InChI is InChI=1S/C20H25ClN4O/c21-17-7-3-4-8-19(17)25-13-11-24(12-14-25)10-9-18-15-5-1-2-6-16(15)20(26)23-22-18/h3-4,7-8H,1-2,5-6,9-14H2,(H,23,26). The molecule has 4 rings (SSSR count). The fourth-order valence-electron chi connectivity index (χ4n) is 4.12. The number of rotatable bonds is 4. The minimum absolute atomic E-state index is 0.0109. The van der Waals surface area contributed by atoms with Crippen molar-refractivity contribution >= 4 is 17.3 Å². The van der Waals surface area contributed by atoms with Crippen molar-refractivity contribution in [1.29, 1.82) is 0 Å². The molecule has 26 heavy (non-hydrogen) atoms. The summed E-state index contributed by atoms with van der Waals surface area (Å²) in [6.45, 7) is 5.01. The third-order valence-electron chi connectivity index (χ3n) is 5.61. The molecular formula is C20H25ClN4O. The molecule has 138 valence electrons. The van der Waals surface area contributed by atoms with Gasteiger partial charge in [-0.25, -0.2) is 5.10 Å². The zero-order valence-corrected chi connectivity index (χ0v) is 15.8. The fraction of sp³-hybridized carbons (Fsp3) is 0.500. The number of benzene rings is 1. The molecule has 1 N–H and O–H groups in total. The lowest BCUT2D eigenvalue weighted by Crippen LogP contribution is -2.47. The molecule has 0 spiro atoms. The van der Waals surface area contributed by atoms with E-state index in [2.05, 4.69) is 26.1 Å². The Labute approximate surface area is 159 Å². The Morgan fingerprint density at radius 1 is 1.04 bits per heavy atom. The number of para-hydroxylation sites is 1. The predicted molar refractivity (Wildman–Crippen MR) is 105 cm³/mol. The Hall–Kier alpha value is -1.85. The van der Waals surface area contributed by atoms with Crippen LogP contribution < -0.4 is 10.5 Å². The van der Waals surface area contributed by atoms with Crippen molar-refractivity contribution in [2.75, 3.05) is 37.6 Å². The van der Waals surface area contributed by atoms with Crippen molar-refractivity contribution in [2.45, 2.75) is 32.1 Å². The lowest BCUT2D eigenvalue weighted by molar-refractivity contribution is 0.259. The van der Waals surface area contributed by atoms with E-state index in [9.17, 15) is 4.79 Å². The zero-order valence-electron chi connectivity index (χ0n) is 15.0. The second-order valence-corrected chi connectivity index (χ2v) is 7.60. The summed E-state index contributed by atoms with van der Waals surface area (Å²) in [6, 6.07) is 8.06. The number of nitrogens with zero attached hydrogens (tertiary/aromatic N) is 3. The molecule has 1 aliphatic carbocycles. The number of aromatic nitrogens is 2. The van der Waals surface area contributed by atoms with E-state index in [1.165, 1.54) is 12.0 Å². The van der Waals surface area contributed by atoms with Gasteiger partial charge in [0.25, 0.3) is 5.56 Å². The summed E-state index contributed by atoms with van der Waals surface area (Å²) < 4.78 is 0. The van der Waals surface area contributed by atoms with Crippen molar-refractivity contribution in [3.8, 4) is 0 Å². The number of hydrogen-bond acceptors (Lipinski definition) is 4. The Morgan fingerprint density at radius 2 is 1.77 bits per heavy atom. The highest BCUT2D eigenvalue weighted by atomic mass is 35.5. The summed E-state index contributed by atoms with van der Waals surface area (Å²) in [6.07, 6.45) is 5.09. The van der Waals surface area contributed by atoms with Gasteiger partial charge in [-0.1, -0.05) is 23.7 Å². The van der Waals surface area contributed by atoms with E-state index in [1.54, 1.807) is 0 Å². The molecule has 6 heteroatoms. The zero-order chi connectivity index (χ0) is 17.9. The molecule has 0 bridgehead atoms. The van der Waals surface area contributed by atoms with E-state index >= 15 is 0 Å². The Balaban J connectivity index is 1.36. The number of fused-ring (bicyclic) bond motifs is 1. The van der Waals surface area contributed by atoms with Gasteiger partial charge in [0.05, 0.1) is 16.4 Å². The highest BCUT2D eigenvalue weighted by Gasteiger charge is 2.21. The topological polar surface area (TPSA) is 52.2 Å². The summed E-state index contributed by atoms with van der Waals surface area (Å²) in [5.74, 6) is 0. The first kappa shape index (κ1) is 17.6. The number of aromatic amines is 1. The maximum atomic E-state index is 12.0. The fourth-order valence-corrected chi connectivity index (χ4v) is 4.37. The summed E-state index contributed by atoms with van der Waals surface area (Å²) in [7, 11) is 0. The van der Waals surface area contributed by atoms with Gasteiger partial charge in [0.2, 0.25) is 0 Å². The first-order valence-electron chi connectivity index (χ1n) is 9.53. The van der Waals surface area contributed by atoms with Crippen LogP contribution in [0.4, 0.5) is 5.69 Å². The minimum Gasteiger partial charge on any atom is -0.368 e. The van der Waals surface area contributed by atoms with Crippen LogP contribution in [0.2, 0.25) is 5.02 Å².